The van der Waals surface area contributed by atoms with Gasteiger partial charge in [-0.25, -0.2) is 0 Å². The van der Waals surface area contributed by atoms with Gasteiger partial charge in [0.25, 0.3) is 0 Å². The first-order valence-corrected chi connectivity index (χ1v) is 4.77. The van der Waals surface area contributed by atoms with Gasteiger partial charge in [0, 0.05) is 13.6 Å². The van der Waals surface area contributed by atoms with E-state index in [9.17, 15) is 0 Å². The molecule has 0 aliphatic heterocycles. The highest BCUT2D eigenvalue weighted by atomic mass is 32.1. The van der Waals surface area contributed by atoms with Gasteiger partial charge in [-0.1, -0.05) is 0 Å². The topological polar surface area (TPSA) is 44.3 Å². The van der Waals surface area contributed by atoms with Crippen molar-refractivity contribution in [3.63, 3.8) is 0 Å². The fourth-order valence-corrected chi connectivity index (χ4v) is 1.52. The van der Waals surface area contributed by atoms with E-state index in [1.54, 1.807) is 0 Å². The highest BCUT2D eigenvalue weighted by Crippen LogP contribution is 2.29. The SMILES string of the molecule is CNC(=S)NCCC1CC(O)C1. The average Bonchev–Trinajstić information content (AvgIpc) is 2.01. The van der Waals surface area contributed by atoms with E-state index in [4.69, 9.17) is 17.3 Å². The monoisotopic (exact) mass is 188 g/mol. The van der Waals surface area contributed by atoms with Crippen LogP contribution in [-0.2, 0) is 0 Å². The van der Waals surface area contributed by atoms with E-state index in [-0.39, 0.29) is 6.10 Å². The molecule has 0 unspecified atom stereocenters. The Morgan fingerprint density at radius 2 is 2.25 bits per heavy atom. The molecule has 3 N–H and O–H groups in total. The quantitative estimate of drug-likeness (QED) is 0.555. The molecule has 0 spiro atoms. The Kier molecular flexibility index (Phi) is 3.75. The fourth-order valence-electron chi connectivity index (χ4n) is 1.41. The first kappa shape index (κ1) is 9.74. The van der Waals surface area contributed by atoms with Crippen LogP contribution in [0.5, 0.6) is 0 Å². The number of aliphatic hydroxyl groups is 1. The molecule has 1 fully saturated rings. The summed E-state index contributed by atoms with van der Waals surface area (Å²) in [4.78, 5) is 0. The van der Waals surface area contributed by atoms with Crippen LogP contribution in [0.4, 0.5) is 0 Å². The van der Waals surface area contributed by atoms with Crippen molar-refractivity contribution in [2.24, 2.45) is 5.92 Å². The number of nitrogens with one attached hydrogen (secondary N) is 2. The van der Waals surface area contributed by atoms with Gasteiger partial charge in [0.2, 0.25) is 0 Å². The molecule has 0 atom stereocenters. The van der Waals surface area contributed by atoms with E-state index in [0.29, 0.717) is 11.0 Å². The molecule has 0 heterocycles. The smallest absolute Gasteiger partial charge is 0.166 e. The van der Waals surface area contributed by atoms with E-state index in [1.165, 1.54) is 0 Å². The van der Waals surface area contributed by atoms with Gasteiger partial charge in [0.15, 0.2) is 5.11 Å². The summed E-state index contributed by atoms with van der Waals surface area (Å²) in [5.74, 6) is 0.701. The number of rotatable bonds is 3. The Hall–Kier alpha value is -0.350. The van der Waals surface area contributed by atoms with Crippen molar-refractivity contribution in [1.29, 1.82) is 0 Å². The average molecular weight is 188 g/mol. The molecule has 0 amide bonds. The van der Waals surface area contributed by atoms with Crippen LogP contribution in [0, 0.1) is 5.92 Å². The van der Waals surface area contributed by atoms with Crippen molar-refractivity contribution < 1.29 is 5.11 Å². The summed E-state index contributed by atoms with van der Waals surface area (Å²) in [7, 11) is 1.81. The first-order valence-electron chi connectivity index (χ1n) is 4.36. The van der Waals surface area contributed by atoms with Crippen LogP contribution in [0.3, 0.4) is 0 Å². The molecule has 1 saturated carbocycles. The predicted octanol–water partition coefficient (Wildman–Crippen LogP) is 0.241. The first-order chi connectivity index (χ1) is 5.72. The van der Waals surface area contributed by atoms with Gasteiger partial charge in [-0.15, -0.1) is 0 Å². The van der Waals surface area contributed by atoms with Crippen LogP contribution >= 0.6 is 12.2 Å². The van der Waals surface area contributed by atoms with E-state index < -0.39 is 0 Å². The van der Waals surface area contributed by atoms with Crippen molar-refractivity contribution >= 4 is 17.3 Å². The van der Waals surface area contributed by atoms with Gasteiger partial charge in [-0.05, 0) is 37.4 Å². The molecule has 1 rings (SSSR count). The van der Waals surface area contributed by atoms with E-state index in [2.05, 4.69) is 10.6 Å². The van der Waals surface area contributed by atoms with Crippen LogP contribution < -0.4 is 10.6 Å². The van der Waals surface area contributed by atoms with Gasteiger partial charge < -0.3 is 15.7 Å². The summed E-state index contributed by atoms with van der Waals surface area (Å²) in [6.45, 7) is 0.914. The van der Waals surface area contributed by atoms with Crippen molar-refractivity contribution in [2.75, 3.05) is 13.6 Å². The summed E-state index contributed by atoms with van der Waals surface area (Å²) < 4.78 is 0. The van der Waals surface area contributed by atoms with Crippen LogP contribution in [0.2, 0.25) is 0 Å². The second kappa shape index (κ2) is 4.62. The van der Waals surface area contributed by atoms with Gasteiger partial charge in [0.1, 0.15) is 0 Å². The Labute approximate surface area is 78.5 Å². The van der Waals surface area contributed by atoms with Crippen LogP contribution in [-0.4, -0.2) is 29.9 Å². The van der Waals surface area contributed by atoms with Crippen LogP contribution in [0.15, 0.2) is 0 Å². The second-order valence-electron chi connectivity index (χ2n) is 3.29. The van der Waals surface area contributed by atoms with Crippen molar-refractivity contribution in [3.05, 3.63) is 0 Å². The zero-order valence-electron chi connectivity index (χ0n) is 7.34. The molecule has 0 saturated heterocycles. The molecule has 0 radical (unpaired) electrons. The molecule has 0 aromatic rings. The summed E-state index contributed by atoms with van der Waals surface area (Å²) in [5, 5.41) is 15.7. The van der Waals surface area contributed by atoms with Crippen LogP contribution in [0.25, 0.3) is 0 Å². The lowest BCUT2D eigenvalue weighted by Gasteiger charge is -2.31. The zero-order chi connectivity index (χ0) is 8.97. The Morgan fingerprint density at radius 1 is 1.58 bits per heavy atom. The van der Waals surface area contributed by atoms with E-state index in [0.717, 1.165) is 25.8 Å². The highest BCUT2D eigenvalue weighted by Gasteiger charge is 2.26. The molecule has 0 aromatic heterocycles. The standard InChI is InChI=1S/C8H16N2OS/c1-9-8(12)10-3-2-6-4-7(11)5-6/h6-7,11H,2-5H2,1H3,(H2,9,10,12). The van der Waals surface area contributed by atoms with E-state index in [1.807, 2.05) is 7.05 Å². The summed E-state index contributed by atoms with van der Waals surface area (Å²) in [6.07, 6.45) is 3.01. The summed E-state index contributed by atoms with van der Waals surface area (Å²) in [6, 6.07) is 0. The van der Waals surface area contributed by atoms with Crippen molar-refractivity contribution in [3.8, 4) is 0 Å². The molecule has 70 valence electrons. The van der Waals surface area contributed by atoms with Crippen molar-refractivity contribution in [1.82, 2.24) is 10.6 Å². The van der Waals surface area contributed by atoms with E-state index >= 15 is 0 Å². The van der Waals surface area contributed by atoms with Gasteiger partial charge in [-0.3, -0.25) is 0 Å². The predicted molar refractivity (Wildman–Crippen MR) is 53.0 cm³/mol. The number of hydrogen-bond donors (Lipinski definition) is 3. The Morgan fingerprint density at radius 3 is 2.75 bits per heavy atom. The lowest BCUT2D eigenvalue weighted by Crippen LogP contribution is -2.36. The zero-order valence-corrected chi connectivity index (χ0v) is 8.16. The van der Waals surface area contributed by atoms with Gasteiger partial charge in [0.05, 0.1) is 6.10 Å². The lowest BCUT2D eigenvalue weighted by molar-refractivity contribution is 0.0399. The summed E-state index contributed by atoms with van der Waals surface area (Å²) in [5.41, 5.74) is 0. The molecular weight excluding hydrogens is 172 g/mol. The minimum Gasteiger partial charge on any atom is -0.393 e. The number of aliphatic hydroxyl groups excluding tert-OH is 1. The normalized spacial score (nSPS) is 27.5. The molecule has 3 nitrogen and oxygen atoms in total. The largest absolute Gasteiger partial charge is 0.393 e. The molecule has 1 aliphatic rings. The maximum Gasteiger partial charge on any atom is 0.166 e. The van der Waals surface area contributed by atoms with Gasteiger partial charge in [-0.2, -0.15) is 0 Å². The molecular formula is C8H16N2OS. The highest BCUT2D eigenvalue weighted by molar-refractivity contribution is 7.80. The van der Waals surface area contributed by atoms with Gasteiger partial charge >= 0.3 is 0 Å². The third-order valence-electron chi connectivity index (χ3n) is 2.28. The molecule has 0 bridgehead atoms. The maximum absolute atomic E-state index is 9.01. The third-order valence-corrected chi connectivity index (χ3v) is 2.62. The molecule has 4 heteroatoms. The number of hydrogen-bond acceptors (Lipinski definition) is 2. The molecule has 1 aliphatic carbocycles. The fraction of sp³-hybridized carbons (Fsp3) is 0.875. The maximum atomic E-state index is 9.01. The Bertz CT molecular complexity index is 157. The molecule has 0 aromatic carbocycles. The third kappa shape index (κ3) is 2.95. The van der Waals surface area contributed by atoms with Crippen molar-refractivity contribution in [2.45, 2.75) is 25.4 Å². The minimum absolute atomic E-state index is 0.0359. The summed E-state index contributed by atoms with van der Waals surface area (Å²) >= 11 is 4.91. The Balaban J connectivity index is 1.93. The lowest BCUT2D eigenvalue weighted by atomic mass is 9.80. The molecule has 12 heavy (non-hydrogen) atoms. The van der Waals surface area contributed by atoms with Crippen LogP contribution in [0.1, 0.15) is 19.3 Å². The second-order valence-corrected chi connectivity index (χ2v) is 3.69. The number of thiocarbonyl (C=S) groups is 1. The minimum atomic E-state index is -0.0359.